The second-order valence-corrected chi connectivity index (χ2v) is 8.67. The summed E-state index contributed by atoms with van der Waals surface area (Å²) in [6.07, 6.45) is 6.37. The second kappa shape index (κ2) is 8.50. The Morgan fingerprint density at radius 1 is 1.11 bits per heavy atom. The topological polar surface area (TPSA) is 54.3 Å². The molecular weight excluding hydrogens is 372 g/mol. The molecule has 0 bridgehead atoms. The van der Waals surface area contributed by atoms with E-state index >= 15 is 0 Å². The smallest absolute Gasteiger partial charge is 0.243 e. The lowest BCUT2D eigenvalue weighted by Crippen LogP contribution is -2.39. The van der Waals surface area contributed by atoms with Gasteiger partial charge < -0.3 is 4.57 Å². The fourth-order valence-electron chi connectivity index (χ4n) is 3.60. The van der Waals surface area contributed by atoms with Crippen molar-refractivity contribution in [1.82, 2.24) is 14.2 Å². The van der Waals surface area contributed by atoms with Crippen LogP contribution in [0.4, 0.5) is 8.78 Å². The minimum absolute atomic E-state index is 0.0934. The van der Waals surface area contributed by atoms with Gasteiger partial charge in [0.25, 0.3) is 0 Å². The molecule has 1 unspecified atom stereocenters. The third-order valence-electron chi connectivity index (χ3n) is 5.06. The van der Waals surface area contributed by atoms with Crippen LogP contribution in [0.2, 0.25) is 0 Å². The van der Waals surface area contributed by atoms with Gasteiger partial charge in [-0.05, 0) is 56.3 Å². The van der Waals surface area contributed by atoms with Crippen molar-refractivity contribution in [2.45, 2.75) is 36.6 Å². The molecular formula is C19H25F2N3O2S. The van der Waals surface area contributed by atoms with Gasteiger partial charge in [-0.25, -0.2) is 21.9 Å². The Balaban J connectivity index is 1.84. The molecule has 1 saturated heterocycles. The summed E-state index contributed by atoms with van der Waals surface area (Å²) in [4.78, 5) is 1.61. The molecule has 1 N–H and O–H groups in total. The highest BCUT2D eigenvalue weighted by Crippen LogP contribution is 2.25. The van der Waals surface area contributed by atoms with Crippen molar-refractivity contribution in [1.29, 1.82) is 0 Å². The predicted octanol–water partition coefficient (Wildman–Crippen LogP) is 3.20. The Hall–Kier alpha value is -1.77. The van der Waals surface area contributed by atoms with Crippen LogP contribution in [-0.4, -0.2) is 37.5 Å². The number of nitrogens with zero attached hydrogens (tertiary/aromatic N) is 2. The Kier molecular flexibility index (Phi) is 6.29. The minimum atomic E-state index is -4.16. The molecule has 3 rings (SSSR count). The summed E-state index contributed by atoms with van der Waals surface area (Å²) in [7, 11) is -2.24. The average Bonchev–Trinajstić information content (AvgIpc) is 2.88. The standard InChI is InChI=1S/C19H25F2N3O2S/c1-23-10-6-7-17(23)18(24-11-4-2-3-5-12-24)14-22-27(25,26)19-13-15(20)8-9-16(19)21/h6-10,13,18,22H,2-5,11-12,14H2,1H3. The first-order valence-electron chi connectivity index (χ1n) is 9.18. The van der Waals surface area contributed by atoms with Crippen LogP contribution in [0.3, 0.4) is 0 Å². The van der Waals surface area contributed by atoms with E-state index in [1.807, 2.05) is 29.9 Å². The van der Waals surface area contributed by atoms with Crippen molar-refractivity contribution in [3.63, 3.8) is 0 Å². The lowest BCUT2D eigenvalue weighted by molar-refractivity contribution is 0.199. The number of hydrogen-bond donors (Lipinski definition) is 1. The van der Waals surface area contributed by atoms with Gasteiger partial charge in [-0.1, -0.05) is 12.8 Å². The van der Waals surface area contributed by atoms with Gasteiger partial charge in [0.05, 0.1) is 6.04 Å². The highest BCUT2D eigenvalue weighted by molar-refractivity contribution is 7.89. The normalized spacial score (nSPS) is 17.6. The molecule has 0 aliphatic carbocycles. The van der Waals surface area contributed by atoms with Crippen LogP contribution in [0.15, 0.2) is 41.4 Å². The fraction of sp³-hybridized carbons (Fsp3) is 0.474. The van der Waals surface area contributed by atoms with E-state index in [2.05, 4.69) is 9.62 Å². The molecule has 1 aliphatic rings. The number of nitrogens with one attached hydrogen (secondary N) is 1. The van der Waals surface area contributed by atoms with Gasteiger partial charge in [-0.3, -0.25) is 4.90 Å². The first kappa shape index (κ1) is 20.0. The van der Waals surface area contributed by atoms with E-state index in [9.17, 15) is 17.2 Å². The lowest BCUT2D eigenvalue weighted by Gasteiger charge is -2.31. The quantitative estimate of drug-likeness (QED) is 0.815. The summed E-state index contributed by atoms with van der Waals surface area (Å²) < 4.78 is 56.9. The molecule has 2 aromatic rings. The molecule has 5 nitrogen and oxygen atoms in total. The van der Waals surface area contributed by atoms with E-state index in [0.717, 1.165) is 56.6 Å². The fourth-order valence-corrected chi connectivity index (χ4v) is 4.72. The molecule has 0 spiro atoms. The number of likely N-dealkylation sites (tertiary alicyclic amines) is 1. The van der Waals surface area contributed by atoms with E-state index in [0.29, 0.717) is 6.07 Å². The Bertz CT molecular complexity index is 875. The van der Waals surface area contributed by atoms with Gasteiger partial charge in [0.1, 0.15) is 16.5 Å². The van der Waals surface area contributed by atoms with Crippen LogP contribution in [0, 0.1) is 11.6 Å². The molecule has 8 heteroatoms. The number of aryl methyl sites for hydroxylation is 1. The van der Waals surface area contributed by atoms with Gasteiger partial charge >= 0.3 is 0 Å². The Morgan fingerprint density at radius 3 is 2.44 bits per heavy atom. The van der Waals surface area contributed by atoms with Crippen molar-refractivity contribution in [2.75, 3.05) is 19.6 Å². The SMILES string of the molecule is Cn1cccc1C(CNS(=O)(=O)c1cc(F)ccc1F)N1CCCCCC1. The summed E-state index contributed by atoms with van der Waals surface area (Å²) in [6.45, 7) is 1.86. The summed E-state index contributed by atoms with van der Waals surface area (Å²) in [5.74, 6) is -1.75. The molecule has 148 valence electrons. The van der Waals surface area contributed by atoms with Crippen LogP contribution in [0.5, 0.6) is 0 Å². The maximum Gasteiger partial charge on any atom is 0.243 e. The van der Waals surface area contributed by atoms with E-state index < -0.39 is 26.6 Å². The number of sulfonamides is 1. The van der Waals surface area contributed by atoms with Crippen molar-refractivity contribution < 1.29 is 17.2 Å². The molecule has 0 radical (unpaired) electrons. The Labute approximate surface area is 159 Å². The van der Waals surface area contributed by atoms with Crippen LogP contribution < -0.4 is 4.72 Å². The van der Waals surface area contributed by atoms with Gasteiger partial charge in [0.2, 0.25) is 10.0 Å². The molecule has 1 atom stereocenters. The lowest BCUT2D eigenvalue weighted by atomic mass is 10.1. The van der Waals surface area contributed by atoms with Crippen molar-refractivity contribution in [3.05, 3.63) is 53.9 Å². The zero-order valence-electron chi connectivity index (χ0n) is 15.4. The summed E-state index contributed by atoms with van der Waals surface area (Å²) >= 11 is 0. The van der Waals surface area contributed by atoms with Gasteiger partial charge in [-0.2, -0.15) is 0 Å². The first-order valence-corrected chi connectivity index (χ1v) is 10.7. The van der Waals surface area contributed by atoms with Gasteiger partial charge in [0, 0.05) is 25.5 Å². The Morgan fingerprint density at radius 2 is 1.81 bits per heavy atom. The highest BCUT2D eigenvalue weighted by Gasteiger charge is 2.27. The molecule has 0 saturated carbocycles. The van der Waals surface area contributed by atoms with Crippen molar-refractivity contribution in [2.24, 2.45) is 7.05 Å². The zero-order chi connectivity index (χ0) is 19.4. The summed E-state index contributed by atoms with van der Waals surface area (Å²) in [5.41, 5.74) is 0.985. The third-order valence-corrected chi connectivity index (χ3v) is 6.49. The van der Waals surface area contributed by atoms with E-state index in [1.54, 1.807) is 0 Å². The number of aromatic nitrogens is 1. The number of rotatable bonds is 6. The van der Waals surface area contributed by atoms with Gasteiger partial charge in [-0.15, -0.1) is 0 Å². The zero-order valence-corrected chi connectivity index (χ0v) is 16.2. The van der Waals surface area contributed by atoms with Crippen LogP contribution >= 0.6 is 0 Å². The van der Waals surface area contributed by atoms with E-state index in [-0.39, 0.29) is 12.6 Å². The average molecular weight is 397 g/mol. The third kappa shape index (κ3) is 4.75. The van der Waals surface area contributed by atoms with Crippen molar-refractivity contribution in [3.8, 4) is 0 Å². The first-order chi connectivity index (χ1) is 12.9. The number of hydrogen-bond acceptors (Lipinski definition) is 3. The van der Waals surface area contributed by atoms with Crippen LogP contribution in [-0.2, 0) is 17.1 Å². The van der Waals surface area contributed by atoms with Crippen LogP contribution in [0.1, 0.15) is 37.4 Å². The molecule has 2 heterocycles. The minimum Gasteiger partial charge on any atom is -0.353 e. The maximum absolute atomic E-state index is 13.9. The van der Waals surface area contributed by atoms with E-state index in [4.69, 9.17) is 0 Å². The molecule has 1 aromatic heterocycles. The monoisotopic (exact) mass is 397 g/mol. The molecule has 27 heavy (non-hydrogen) atoms. The van der Waals surface area contributed by atoms with E-state index in [1.165, 1.54) is 0 Å². The van der Waals surface area contributed by atoms with Crippen molar-refractivity contribution >= 4 is 10.0 Å². The predicted molar refractivity (Wildman–Crippen MR) is 99.7 cm³/mol. The molecule has 1 aromatic carbocycles. The molecule has 0 amide bonds. The summed E-state index contributed by atoms with van der Waals surface area (Å²) in [6, 6.07) is 6.15. The second-order valence-electron chi connectivity index (χ2n) is 6.94. The molecule has 1 fully saturated rings. The highest BCUT2D eigenvalue weighted by atomic mass is 32.2. The number of benzene rings is 1. The van der Waals surface area contributed by atoms with Gasteiger partial charge in [0.15, 0.2) is 0 Å². The number of halogens is 2. The molecule has 1 aliphatic heterocycles. The summed E-state index contributed by atoms with van der Waals surface area (Å²) in [5, 5.41) is 0. The maximum atomic E-state index is 13.9. The largest absolute Gasteiger partial charge is 0.353 e. The van der Waals surface area contributed by atoms with Crippen LogP contribution in [0.25, 0.3) is 0 Å².